The first-order chi connectivity index (χ1) is 5.54. The molecule has 0 spiro atoms. The minimum absolute atomic E-state index is 0.173. The van der Waals surface area contributed by atoms with Gasteiger partial charge in [-0.3, -0.25) is 0 Å². The molecule has 0 aliphatic carbocycles. The van der Waals surface area contributed by atoms with Crippen LogP contribution in [0.4, 0.5) is 0 Å². The predicted octanol–water partition coefficient (Wildman–Crippen LogP) is 1.72. The molecule has 1 heterocycles. The molecule has 0 saturated carbocycles. The second-order valence-corrected chi connectivity index (χ2v) is 3.98. The number of rotatable bonds is 2. The van der Waals surface area contributed by atoms with Crippen molar-refractivity contribution in [3.63, 3.8) is 0 Å². The average molecular weight is 165 g/mol. The minimum atomic E-state index is 0.173. The Morgan fingerprint density at radius 1 is 1.50 bits per heavy atom. The Hall–Kier alpha value is -1.05. The molecule has 0 radical (unpaired) electrons. The third-order valence-corrected chi connectivity index (χ3v) is 1.81. The van der Waals surface area contributed by atoms with Crippen LogP contribution >= 0.6 is 0 Å². The van der Waals surface area contributed by atoms with Gasteiger partial charge in [-0.2, -0.15) is 0 Å². The van der Waals surface area contributed by atoms with Crippen LogP contribution in [0.2, 0.25) is 0 Å². The summed E-state index contributed by atoms with van der Waals surface area (Å²) in [6.07, 6.45) is 8.14. The number of nitrogens with zero attached hydrogens (tertiary/aromatic N) is 2. The second-order valence-electron chi connectivity index (χ2n) is 3.98. The first-order valence-corrected chi connectivity index (χ1v) is 4.22. The fraction of sp³-hybridized carbons (Fsp3) is 0.500. The highest BCUT2D eigenvalue weighted by Crippen LogP contribution is 2.02. The Kier molecular flexibility index (Phi) is 2.36. The molecule has 0 aromatic carbocycles. The summed E-state index contributed by atoms with van der Waals surface area (Å²) in [6, 6.07) is 0. The number of aromatic nitrogens is 2. The van der Waals surface area contributed by atoms with Gasteiger partial charge in [-0.05, 0) is 20.8 Å². The lowest BCUT2D eigenvalue weighted by Crippen LogP contribution is -2.48. The quantitative estimate of drug-likeness (QED) is 0.466. The van der Waals surface area contributed by atoms with Crippen molar-refractivity contribution in [1.29, 1.82) is 0 Å². The highest BCUT2D eigenvalue weighted by Gasteiger charge is 2.18. The molecule has 0 aliphatic rings. The van der Waals surface area contributed by atoms with Crippen molar-refractivity contribution in [3.05, 3.63) is 31.4 Å². The second kappa shape index (κ2) is 3.13. The van der Waals surface area contributed by atoms with Gasteiger partial charge < -0.3 is 0 Å². The molecule has 66 valence electrons. The normalized spacial score (nSPS) is 11.6. The Labute approximate surface area is 74.1 Å². The summed E-state index contributed by atoms with van der Waals surface area (Å²) in [5, 5.41) is 0. The fourth-order valence-electron chi connectivity index (χ4n) is 1.05. The van der Waals surface area contributed by atoms with Gasteiger partial charge in [-0.25, -0.2) is 9.13 Å². The molecule has 2 nitrogen and oxygen atoms in total. The Bertz CT molecular complexity index is 266. The maximum absolute atomic E-state index is 3.70. The van der Waals surface area contributed by atoms with E-state index < -0.39 is 0 Å². The van der Waals surface area contributed by atoms with Crippen molar-refractivity contribution in [2.75, 3.05) is 0 Å². The third kappa shape index (κ3) is 1.97. The lowest BCUT2D eigenvalue weighted by molar-refractivity contribution is -0.753. The first-order valence-electron chi connectivity index (χ1n) is 4.22. The van der Waals surface area contributed by atoms with Gasteiger partial charge in [0.05, 0.1) is 0 Å². The van der Waals surface area contributed by atoms with E-state index in [9.17, 15) is 0 Å². The standard InChI is InChI=1S/C10H17N2/c1-5-6-11-7-8-12(9-11)10(2,3)4/h5,7-9H,1,6H2,2-4H3/q+1. The molecule has 1 rings (SSSR count). The molecule has 0 aliphatic heterocycles. The van der Waals surface area contributed by atoms with E-state index in [0.29, 0.717) is 0 Å². The highest BCUT2D eigenvalue weighted by atomic mass is 15.1. The summed E-state index contributed by atoms with van der Waals surface area (Å²) in [6.45, 7) is 11.1. The molecular formula is C10H17N2+. The van der Waals surface area contributed by atoms with Crippen molar-refractivity contribution >= 4 is 0 Å². The highest BCUT2D eigenvalue weighted by molar-refractivity contribution is 4.75. The molecule has 1 aromatic rings. The zero-order valence-electron chi connectivity index (χ0n) is 8.12. The van der Waals surface area contributed by atoms with Gasteiger partial charge in [0.25, 0.3) is 0 Å². The van der Waals surface area contributed by atoms with Crippen LogP contribution in [0.1, 0.15) is 20.8 Å². The summed E-state index contributed by atoms with van der Waals surface area (Å²) in [7, 11) is 0. The number of imidazole rings is 1. The first kappa shape index (κ1) is 9.04. The summed E-state index contributed by atoms with van der Waals surface area (Å²) >= 11 is 0. The van der Waals surface area contributed by atoms with Crippen LogP contribution in [0.3, 0.4) is 0 Å². The zero-order chi connectivity index (χ0) is 9.19. The number of allylic oxidation sites excluding steroid dienone is 1. The van der Waals surface area contributed by atoms with Gasteiger partial charge in [0, 0.05) is 0 Å². The summed E-state index contributed by atoms with van der Waals surface area (Å²) in [5.41, 5.74) is 0.173. The van der Waals surface area contributed by atoms with Gasteiger partial charge in [0.1, 0.15) is 24.5 Å². The Balaban J connectivity index is 2.84. The van der Waals surface area contributed by atoms with Crippen LogP contribution in [0.5, 0.6) is 0 Å². The molecule has 0 unspecified atom stereocenters. The van der Waals surface area contributed by atoms with Crippen LogP contribution < -0.4 is 4.57 Å². The maximum atomic E-state index is 3.70. The largest absolute Gasteiger partial charge is 0.244 e. The van der Waals surface area contributed by atoms with Crippen molar-refractivity contribution in [2.45, 2.75) is 32.9 Å². The van der Waals surface area contributed by atoms with E-state index in [0.717, 1.165) is 6.54 Å². The van der Waals surface area contributed by atoms with E-state index in [4.69, 9.17) is 0 Å². The van der Waals surface area contributed by atoms with Crippen LogP contribution in [0.15, 0.2) is 31.4 Å². The van der Waals surface area contributed by atoms with Gasteiger partial charge in [0.15, 0.2) is 0 Å². The third-order valence-electron chi connectivity index (χ3n) is 1.81. The molecule has 1 aromatic heterocycles. The molecule has 12 heavy (non-hydrogen) atoms. The van der Waals surface area contributed by atoms with Gasteiger partial charge in [-0.1, -0.05) is 12.7 Å². The van der Waals surface area contributed by atoms with Crippen LogP contribution in [-0.2, 0) is 12.1 Å². The van der Waals surface area contributed by atoms with E-state index in [2.05, 4.69) is 55.2 Å². The molecule has 0 fully saturated rings. The SMILES string of the molecule is C=CCn1cc[n+](C(C)(C)C)c1. The zero-order valence-corrected chi connectivity index (χ0v) is 8.12. The maximum Gasteiger partial charge on any atom is 0.244 e. The fourth-order valence-corrected chi connectivity index (χ4v) is 1.05. The number of hydrogen-bond donors (Lipinski definition) is 0. The molecule has 0 amide bonds. The number of hydrogen-bond acceptors (Lipinski definition) is 0. The van der Waals surface area contributed by atoms with Gasteiger partial charge in [-0.15, -0.1) is 0 Å². The van der Waals surface area contributed by atoms with E-state index in [1.165, 1.54) is 0 Å². The summed E-state index contributed by atoms with van der Waals surface area (Å²) < 4.78 is 4.30. The van der Waals surface area contributed by atoms with E-state index >= 15 is 0 Å². The van der Waals surface area contributed by atoms with Crippen molar-refractivity contribution in [2.24, 2.45) is 0 Å². The summed E-state index contributed by atoms with van der Waals surface area (Å²) in [4.78, 5) is 0. The molecular weight excluding hydrogens is 148 g/mol. The van der Waals surface area contributed by atoms with Crippen LogP contribution in [0, 0.1) is 0 Å². The lowest BCUT2D eigenvalue weighted by atomic mass is 10.1. The van der Waals surface area contributed by atoms with Gasteiger partial charge in [0.2, 0.25) is 6.33 Å². The van der Waals surface area contributed by atoms with Crippen LogP contribution in [-0.4, -0.2) is 4.57 Å². The molecule has 0 bridgehead atoms. The van der Waals surface area contributed by atoms with E-state index in [-0.39, 0.29) is 5.54 Å². The molecule has 2 heteroatoms. The average Bonchev–Trinajstić information content (AvgIpc) is 2.35. The minimum Gasteiger partial charge on any atom is -0.233 e. The topological polar surface area (TPSA) is 8.81 Å². The molecule has 0 saturated heterocycles. The van der Waals surface area contributed by atoms with E-state index in [1.807, 2.05) is 6.08 Å². The van der Waals surface area contributed by atoms with E-state index in [1.54, 1.807) is 0 Å². The predicted molar refractivity (Wildman–Crippen MR) is 49.8 cm³/mol. The van der Waals surface area contributed by atoms with Crippen molar-refractivity contribution in [3.8, 4) is 0 Å². The monoisotopic (exact) mass is 165 g/mol. The summed E-state index contributed by atoms with van der Waals surface area (Å²) in [5.74, 6) is 0. The molecule has 0 atom stereocenters. The Morgan fingerprint density at radius 3 is 2.58 bits per heavy atom. The van der Waals surface area contributed by atoms with Crippen LogP contribution in [0.25, 0.3) is 0 Å². The van der Waals surface area contributed by atoms with Crippen molar-refractivity contribution < 1.29 is 4.57 Å². The van der Waals surface area contributed by atoms with Crippen molar-refractivity contribution in [1.82, 2.24) is 4.57 Å². The van der Waals surface area contributed by atoms with Gasteiger partial charge >= 0.3 is 0 Å². The molecule has 0 N–H and O–H groups in total. The Morgan fingerprint density at radius 2 is 2.17 bits per heavy atom. The smallest absolute Gasteiger partial charge is 0.233 e. The lowest BCUT2D eigenvalue weighted by Gasteiger charge is -2.13.